The van der Waals surface area contributed by atoms with Gasteiger partial charge in [-0.1, -0.05) is 6.92 Å². The van der Waals surface area contributed by atoms with Crippen molar-refractivity contribution in [2.75, 3.05) is 32.6 Å². The van der Waals surface area contributed by atoms with Crippen LogP contribution in [0.2, 0.25) is 0 Å². The molecular formula is C13H20N2O3. The molecule has 0 radical (unpaired) electrons. The van der Waals surface area contributed by atoms with Crippen LogP contribution in [0.25, 0.3) is 0 Å². The molecule has 0 aliphatic heterocycles. The lowest BCUT2D eigenvalue weighted by atomic mass is 10.2. The summed E-state index contributed by atoms with van der Waals surface area (Å²) in [6.45, 7) is 2.96. The number of ether oxygens (including phenoxy) is 2. The fourth-order valence-electron chi connectivity index (χ4n) is 1.46. The van der Waals surface area contributed by atoms with E-state index in [1.54, 1.807) is 26.4 Å². The molecular weight excluding hydrogens is 232 g/mol. The lowest BCUT2D eigenvalue weighted by Crippen LogP contribution is -2.30. The average molecular weight is 252 g/mol. The Kier molecular flexibility index (Phi) is 5.84. The zero-order valence-corrected chi connectivity index (χ0v) is 11.1. The number of carbonyl (C=O) groups excluding carboxylic acids is 1. The van der Waals surface area contributed by atoms with Crippen LogP contribution in [0.1, 0.15) is 13.3 Å². The number of anilines is 1. The van der Waals surface area contributed by atoms with Crippen molar-refractivity contribution >= 4 is 11.6 Å². The molecule has 1 aromatic carbocycles. The standard InChI is InChI=1S/C13H20N2O3/c1-4-7-14-13(16)9-15-10-5-6-11(17-2)12(8-10)18-3/h5-6,8,15H,4,7,9H2,1-3H3,(H,14,16). The number of amides is 1. The highest BCUT2D eigenvalue weighted by Gasteiger charge is 2.05. The van der Waals surface area contributed by atoms with Gasteiger partial charge in [0.25, 0.3) is 0 Å². The minimum absolute atomic E-state index is 0.0216. The van der Waals surface area contributed by atoms with Crippen LogP contribution in [-0.2, 0) is 4.79 Å². The van der Waals surface area contributed by atoms with Crippen LogP contribution in [0, 0.1) is 0 Å². The maximum absolute atomic E-state index is 11.4. The van der Waals surface area contributed by atoms with E-state index in [9.17, 15) is 4.79 Å². The summed E-state index contributed by atoms with van der Waals surface area (Å²) in [6.07, 6.45) is 0.933. The summed E-state index contributed by atoms with van der Waals surface area (Å²) in [4.78, 5) is 11.4. The van der Waals surface area contributed by atoms with E-state index in [0.29, 0.717) is 18.0 Å². The smallest absolute Gasteiger partial charge is 0.239 e. The molecule has 5 nitrogen and oxygen atoms in total. The third kappa shape index (κ3) is 4.16. The average Bonchev–Trinajstić information content (AvgIpc) is 2.42. The van der Waals surface area contributed by atoms with Crippen molar-refractivity contribution in [2.45, 2.75) is 13.3 Å². The third-order valence-electron chi connectivity index (χ3n) is 2.41. The van der Waals surface area contributed by atoms with Gasteiger partial charge in [-0.3, -0.25) is 4.79 Å². The molecule has 0 saturated carbocycles. The minimum atomic E-state index is -0.0216. The van der Waals surface area contributed by atoms with E-state index in [1.165, 1.54) is 0 Å². The van der Waals surface area contributed by atoms with Gasteiger partial charge in [0.2, 0.25) is 5.91 Å². The highest BCUT2D eigenvalue weighted by Crippen LogP contribution is 2.29. The van der Waals surface area contributed by atoms with E-state index in [-0.39, 0.29) is 12.5 Å². The highest BCUT2D eigenvalue weighted by atomic mass is 16.5. The number of rotatable bonds is 7. The molecule has 5 heteroatoms. The zero-order chi connectivity index (χ0) is 13.4. The largest absolute Gasteiger partial charge is 0.493 e. The van der Waals surface area contributed by atoms with Crippen molar-refractivity contribution < 1.29 is 14.3 Å². The van der Waals surface area contributed by atoms with E-state index in [4.69, 9.17) is 9.47 Å². The van der Waals surface area contributed by atoms with Crippen LogP contribution in [0.5, 0.6) is 11.5 Å². The van der Waals surface area contributed by atoms with Gasteiger partial charge in [0, 0.05) is 18.3 Å². The number of methoxy groups -OCH3 is 2. The summed E-state index contributed by atoms with van der Waals surface area (Å²) >= 11 is 0. The van der Waals surface area contributed by atoms with Crippen LogP contribution < -0.4 is 20.1 Å². The molecule has 0 atom stereocenters. The second-order valence-electron chi connectivity index (χ2n) is 3.77. The fraction of sp³-hybridized carbons (Fsp3) is 0.462. The van der Waals surface area contributed by atoms with E-state index in [0.717, 1.165) is 12.1 Å². The second-order valence-corrected chi connectivity index (χ2v) is 3.77. The molecule has 0 aliphatic carbocycles. The molecule has 1 rings (SSSR count). The Hall–Kier alpha value is -1.91. The monoisotopic (exact) mass is 252 g/mol. The van der Waals surface area contributed by atoms with E-state index < -0.39 is 0 Å². The molecule has 0 aromatic heterocycles. The normalized spacial score (nSPS) is 9.72. The summed E-state index contributed by atoms with van der Waals surface area (Å²) in [5, 5.41) is 5.83. The van der Waals surface area contributed by atoms with Crippen molar-refractivity contribution in [2.24, 2.45) is 0 Å². The molecule has 1 amide bonds. The zero-order valence-electron chi connectivity index (χ0n) is 11.1. The van der Waals surface area contributed by atoms with Gasteiger partial charge in [-0.05, 0) is 18.6 Å². The number of nitrogens with one attached hydrogen (secondary N) is 2. The molecule has 0 saturated heterocycles. The fourth-order valence-corrected chi connectivity index (χ4v) is 1.46. The first kappa shape index (κ1) is 14.2. The summed E-state index contributed by atoms with van der Waals surface area (Å²) < 4.78 is 10.3. The van der Waals surface area contributed by atoms with Gasteiger partial charge >= 0.3 is 0 Å². The van der Waals surface area contributed by atoms with Gasteiger partial charge in [-0.25, -0.2) is 0 Å². The lowest BCUT2D eigenvalue weighted by Gasteiger charge is -2.11. The van der Waals surface area contributed by atoms with E-state index in [1.807, 2.05) is 13.0 Å². The van der Waals surface area contributed by atoms with Crippen molar-refractivity contribution in [3.8, 4) is 11.5 Å². The van der Waals surface area contributed by atoms with Crippen LogP contribution in [0.15, 0.2) is 18.2 Å². The Morgan fingerprint density at radius 3 is 2.56 bits per heavy atom. The Bertz CT molecular complexity index is 394. The van der Waals surface area contributed by atoms with Crippen molar-refractivity contribution in [3.63, 3.8) is 0 Å². The molecule has 100 valence electrons. The van der Waals surface area contributed by atoms with Crippen LogP contribution >= 0.6 is 0 Å². The number of hydrogen-bond donors (Lipinski definition) is 2. The van der Waals surface area contributed by atoms with Crippen molar-refractivity contribution in [1.29, 1.82) is 0 Å². The van der Waals surface area contributed by atoms with Gasteiger partial charge in [-0.15, -0.1) is 0 Å². The summed E-state index contributed by atoms with van der Waals surface area (Å²) in [7, 11) is 3.17. The first-order valence-electron chi connectivity index (χ1n) is 5.93. The van der Waals surface area contributed by atoms with Crippen molar-refractivity contribution in [1.82, 2.24) is 5.32 Å². The number of carbonyl (C=O) groups is 1. The molecule has 0 aliphatic rings. The Morgan fingerprint density at radius 2 is 1.94 bits per heavy atom. The van der Waals surface area contributed by atoms with Gasteiger partial charge in [0.1, 0.15) is 0 Å². The SMILES string of the molecule is CCCNC(=O)CNc1ccc(OC)c(OC)c1. The quantitative estimate of drug-likeness (QED) is 0.774. The van der Waals surface area contributed by atoms with Gasteiger partial charge in [0.05, 0.1) is 20.8 Å². The van der Waals surface area contributed by atoms with Crippen LogP contribution in [0.4, 0.5) is 5.69 Å². The van der Waals surface area contributed by atoms with Crippen LogP contribution in [-0.4, -0.2) is 33.2 Å². The van der Waals surface area contributed by atoms with Crippen molar-refractivity contribution in [3.05, 3.63) is 18.2 Å². The predicted octanol–water partition coefficient (Wildman–Crippen LogP) is 1.64. The Labute approximate surface area is 107 Å². The molecule has 1 aromatic rings. The predicted molar refractivity (Wildman–Crippen MR) is 71.3 cm³/mol. The van der Waals surface area contributed by atoms with E-state index in [2.05, 4.69) is 10.6 Å². The molecule has 0 spiro atoms. The van der Waals surface area contributed by atoms with Gasteiger partial charge in [-0.2, -0.15) is 0 Å². The third-order valence-corrected chi connectivity index (χ3v) is 2.41. The van der Waals surface area contributed by atoms with Crippen LogP contribution in [0.3, 0.4) is 0 Å². The molecule has 0 heterocycles. The van der Waals surface area contributed by atoms with Gasteiger partial charge in [0.15, 0.2) is 11.5 Å². The Balaban J connectivity index is 2.55. The first-order valence-corrected chi connectivity index (χ1v) is 5.93. The molecule has 2 N–H and O–H groups in total. The molecule has 0 bridgehead atoms. The summed E-state index contributed by atoms with van der Waals surface area (Å²) in [5.74, 6) is 1.28. The second kappa shape index (κ2) is 7.42. The molecule has 0 fully saturated rings. The Morgan fingerprint density at radius 1 is 1.22 bits per heavy atom. The van der Waals surface area contributed by atoms with E-state index >= 15 is 0 Å². The number of hydrogen-bond acceptors (Lipinski definition) is 4. The topological polar surface area (TPSA) is 59.6 Å². The van der Waals surface area contributed by atoms with Gasteiger partial charge < -0.3 is 20.1 Å². The highest BCUT2D eigenvalue weighted by molar-refractivity contribution is 5.80. The maximum atomic E-state index is 11.4. The maximum Gasteiger partial charge on any atom is 0.239 e. The first-order chi connectivity index (χ1) is 8.71. The lowest BCUT2D eigenvalue weighted by molar-refractivity contribution is -0.119. The summed E-state index contributed by atoms with van der Waals surface area (Å²) in [6, 6.07) is 5.44. The molecule has 18 heavy (non-hydrogen) atoms. The molecule has 0 unspecified atom stereocenters. The number of benzene rings is 1. The summed E-state index contributed by atoms with van der Waals surface area (Å²) in [5.41, 5.74) is 0.819. The minimum Gasteiger partial charge on any atom is -0.493 e.